The second-order valence-corrected chi connectivity index (χ2v) is 6.86. The Morgan fingerprint density at radius 1 is 1.44 bits per heavy atom. The lowest BCUT2D eigenvalue weighted by Gasteiger charge is -2.31. The van der Waals surface area contributed by atoms with Gasteiger partial charge in [-0.25, -0.2) is 9.59 Å². The smallest absolute Gasteiger partial charge is 0.326 e. The second kappa shape index (κ2) is 5.82. The first-order valence-electron chi connectivity index (χ1n) is 6.07. The average molecular weight is 274 g/mol. The van der Waals surface area contributed by atoms with Crippen LogP contribution in [0, 0.1) is 5.41 Å². The summed E-state index contributed by atoms with van der Waals surface area (Å²) in [5.41, 5.74) is -0.507. The van der Waals surface area contributed by atoms with Crippen molar-refractivity contribution in [3.8, 4) is 0 Å². The van der Waals surface area contributed by atoms with Crippen LogP contribution in [0.3, 0.4) is 0 Å². The Morgan fingerprint density at radius 2 is 2.06 bits per heavy atom. The minimum atomic E-state index is -0.995. The van der Waals surface area contributed by atoms with E-state index in [1.165, 1.54) is 0 Å². The van der Waals surface area contributed by atoms with Crippen LogP contribution in [-0.2, 0) is 4.79 Å². The number of hydrogen-bond acceptors (Lipinski definition) is 3. The maximum Gasteiger partial charge on any atom is 0.326 e. The molecule has 0 aromatic heterocycles. The van der Waals surface area contributed by atoms with Gasteiger partial charge in [0.1, 0.15) is 6.04 Å². The van der Waals surface area contributed by atoms with E-state index < -0.39 is 17.4 Å². The minimum Gasteiger partial charge on any atom is -0.480 e. The lowest BCUT2D eigenvalue weighted by atomic mass is 9.87. The predicted octanol–water partition coefficient (Wildman–Crippen LogP) is 1.63. The molecule has 1 heterocycles. The van der Waals surface area contributed by atoms with Crippen LogP contribution in [0.5, 0.6) is 0 Å². The lowest BCUT2D eigenvalue weighted by Crippen LogP contribution is -2.54. The summed E-state index contributed by atoms with van der Waals surface area (Å²) in [6, 6.07) is -0.962. The summed E-state index contributed by atoms with van der Waals surface area (Å²) in [7, 11) is 1.73. The summed E-state index contributed by atoms with van der Waals surface area (Å²) >= 11 is 1.82. The molecule has 0 aromatic carbocycles. The average Bonchev–Trinajstić information content (AvgIpc) is 2.75. The molecule has 1 aliphatic heterocycles. The molecule has 0 spiro atoms. The molecule has 1 rings (SSSR count). The maximum atomic E-state index is 12.0. The van der Waals surface area contributed by atoms with Gasteiger partial charge >= 0.3 is 12.0 Å². The van der Waals surface area contributed by atoms with Gasteiger partial charge in [-0.05, 0) is 17.6 Å². The van der Waals surface area contributed by atoms with E-state index in [0.29, 0.717) is 0 Å². The van der Waals surface area contributed by atoms with Crippen LogP contribution in [0.15, 0.2) is 0 Å². The molecule has 1 aliphatic rings. The number of hydrogen-bond donors (Lipinski definition) is 2. The van der Waals surface area contributed by atoms with E-state index >= 15 is 0 Å². The largest absolute Gasteiger partial charge is 0.480 e. The number of thioether (sulfide) groups is 1. The molecule has 5 nitrogen and oxygen atoms in total. The van der Waals surface area contributed by atoms with Crippen molar-refractivity contribution < 1.29 is 14.7 Å². The van der Waals surface area contributed by atoms with Crippen LogP contribution in [0.4, 0.5) is 4.79 Å². The summed E-state index contributed by atoms with van der Waals surface area (Å²) < 4.78 is 0. The van der Waals surface area contributed by atoms with Crippen molar-refractivity contribution in [3.63, 3.8) is 0 Å². The van der Waals surface area contributed by atoms with Crippen molar-refractivity contribution in [2.45, 2.75) is 39.3 Å². The quantitative estimate of drug-likeness (QED) is 0.820. The number of urea groups is 1. The zero-order valence-corrected chi connectivity index (χ0v) is 12.2. The highest BCUT2D eigenvalue weighted by Crippen LogP contribution is 2.23. The van der Waals surface area contributed by atoms with Gasteiger partial charge in [-0.3, -0.25) is 0 Å². The van der Waals surface area contributed by atoms with E-state index in [1.807, 2.05) is 11.8 Å². The molecule has 0 aromatic rings. The van der Waals surface area contributed by atoms with Gasteiger partial charge in [-0.15, -0.1) is 0 Å². The summed E-state index contributed by atoms with van der Waals surface area (Å²) in [6.45, 7) is 5.41. The van der Waals surface area contributed by atoms with E-state index in [2.05, 4.69) is 5.32 Å². The molecule has 2 unspecified atom stereocenters. The first kappa shape index (κ1) is 15.1. The molecule has 1 fully saturated rings. The number of amides is 2. The van der Waals surface area contributed by atoms with Crippen molar-refractivity contribution in [3.05, 3.63) is 0 Å². The molecule has 2 amide bonds. The first-order chi connectivity index (χ1) is 8.23. The van der Waals surface area contributed by atoms with Gasteiger partial charge in [0.15, 0.2) is 0 Å². The Morgan fingerprint density at radius 3 is 2.44 bits per heavy atom. The number of carboxylic acid groups (broad SMARTS) is 1. The van der Waals surface area contributed by atoms with Gasteiger partial charge < -0.3 is 15.3 Å². The third-order valence-electron chi connectivity index (χ3n) is 3.15. The van der Waals surface area contributed by atoms with E-state index in [4.69, 9.17) is 5.11 Å². The Kier molecular flexibility index (Phi) is 4.90. The maximum absolute atomic E-state index is 12.0. The van der Waals surface area contributed by atoms with Crippen molar-refractivity contribution in [1.82, 2.24) is 10.2 Å². The zero-order valence-electron chi connectivity index (χ0n) is 11.4. The normalized spacial score (nSPS) is 21.4. The van der Waals surface area contributed by atoms with Crippen molar-refractivity contribution in [1.29, 1.82) is 0 Å². The molecule has 0 bridgehead atoms. The fraction of sp³-hybridized carbons (Fsp3) is 0.833. The van der Waals surface area contributed by atoms with Gasteiger partial charge in [0, 0.05) is 18.8 Å². The molecular formula is C12H22N2O3S. The highest BCUT2D eigenvalue weighted by molar-refractivity contribution is 7.99. The Hall–Kier alpha value is -0.910. The fourth-order valence-corrected chi connectivity index (χ4v) is 3.14. The predicted molar refractivity (Wildman–Crippen MR) is 72.9 cm³/mol. The molecule has 18 heavy (non-hydrogen) atoms. The fourth-order valence-electron chi connectivity index (χ4n) is 1.87. The van der Waals surface area contributed by atoms with Gasteiger partial charge in [0.05, 0.1) is 0 Å². The summed E-state index contributed by atoms with van der Waals surface area (Å²) in [6.07, 6.45) is 0.974. The van der Waals surface area contributed by atoms with Crippen LogP contribution in [-0.4, -0.2) is 52.6 Å². The van der Waals surface area contributed by atoms with Crippen LogP contribution in [0.1, 0.15) is 27.2 Å². The highest BCUT2D eigenvalue weighted by atomic mass is 32.2. The standard InChI is InChI=1S/C12H22N2O3S/c1-12(2,3)9(10(15)16)13-11(17)14(4)8-5-6-18-7-8/h8-9H,5-7H2,1-4H3,(H,13,17)(H,15,16). The third-order valence-corrected chi connectivity index (χ3v) is 4.30. The number of aliphatic carboxylic acids is 1. The molecule has 0 radical (unpaired) electrons. The lowest BCUT2D eigenvalue weighted by molar-refractivity contribution is -0.142. The Bertz CT molecular complexity index is 322. The second-order valence-electron chi connectivity index (χ2n) is 5.72. The monoisotopic (exact) mass is 274 g/mol. The number of nitrogens with zero attached hydrogens (tertiary/aromatic N) is 1. The number of rotatable bonds is 3. The number of carboxylic acids is 1. The van der Waals surface area contributed by atoms with Crippen molar-refractivity contribution in [2.75, 3.05) is 18.6 Å². The van der Waals surface area contributed by atoms with Crippen LogP contribution >= 0.6 is 11.8 Å². The molecule has 2 atom stereocenters. The summed E-state index contributed by atoms with van der Waals surface area (Å²) in [5, 5.41) is 11.8. The zero-order chi connectivity index (χ0) is 13.9. The molecule has 1 saturated heterocycles. The first-order valence-corrected chi connectivity index (χ1v) is 7.23. The Balaban J connectivity index is 2.63. The molecule has 2 N–H and O–H groups in total. The van der Waals surface area contributed by atoms with Crippen LogP contribution in [0.25, 0.3) is 0 Å². The SMILES string of the molecule is CN(C(=O)NC(C(=O)O)C(C)(C)C)C1CCSC1. The third kappa shape index (κ3) is 3.80. The molecule has 0 saturated carbocycles. The molecule has 0 aliphatic carbocycles. The van der Waals surface area contributed by atoms with Gasteiger partial charge in [-0.1, -0.05) is 20.8 Å². The minimum absolute atomic E-state index is 0.212. The number of carbonyl (C=O) groups excluding carboxylic acids is 1. The molecule has 104 valence electrons. The summed E-state index contributed by atoms with van der Waals surface area (Å²) in [4.78, 5) is 24.8. The Labute approximate surface area is 112 Å². The van der Waals surface area contributed by atoms with E-state index in [0.717, 1.165) is 17.9 Å². The van der Waals surface area contributed by atoms with Crippen LogP contribution in [0.2, 0.25) is 0 Å². The molecular weight excluding hydrogens is 252 g/mol. The van der Waals surface area contributed by atoms with Gasteiger partial charge in [-0.2, -0.15) is 11.8 Å². The number of carbonyl (C=O) groups is 2. The van der Waals surface area contributed by atoms with E-state index in [9.17, 15) is 9.59 Å². The van der Waals surface area contributed by atoms with E-state index in [-0.39, 0.29) is 12.1 Å². The molecule has 6 heteroatoms. The van der Waals surface area contributed by atoms with Gasteiger partial charge in [0.25, 0.3) is 0 Å². The highest BCUT2D eigenvalue weighted by Gasteiger charge is 2.34. The van der Waals surface area contributed by atoms with Crippen molar-refractivity contribution in [2.24, 2.45) is 5.41 Å². The van der Waals surface area contributed by atoms with Crippen LogP contribution < -0.4 is 5.32 Å². The van der Waals surface area contributed by atoms with Gasteiger partial charge in [0.2, 0.25) is 0 Å². The topological polar surface area (TPSA) is 69.6 Å². The number of nitrogens with one attached hydrogen (secondary N) is 1. The summed E-state index contributed by atoms with van der Waals surface area (Å²) in [5.74, 6) is 0.992. The van der Waals surface area contributed by atoms with Crippen molar-refractivity contribution >= 4 is 23.8 Å². The van der Waals surface area contributed by atoms with E-state index in [1.54, 1.807) is 32.7 Å².